The number of likely N-dealkylation sites (tertiary alicyclic amines) is 1. The first kappa shape index (κ1) is 16.3. The van der Waals surface area contributed by atoms with Crippen molar-refractivity contribution in [2.75, 3.05) is 13.1 Å². The van der Waals surface area contributed by atoms with Crippen LogP contribution in [-0.4, -0.2) is 34.0 Å². The largest absolute Gasteiger partial charge is 0.342 e. The second-order valence-electron chi connectivity index (χ2n) is 7.34. The zero-order valence-electron chi connectivity index (χ0n) is 14.8. The van der Waals surface area contributed by atoms with Gasteiger partial charge in [-0.2, -0.15) is 4.98 Å². The number of carbonyl (C=O) groups excluding carboxylic acids is 1. The first-order valence-electron chi connectivity index (χ1n) is 9.36. The van der Waals surface area contributed by atoms with Gasteiger partial charge in [0.1, 0.15) is 0 Å². The van der Waals surface area contributed by atoms with Gasteiger partial charge in [0.25, 0.3) is 0 Å². The van der Waals surface area contributed by atoms with Crippen molar-refractivity contribution in [2.24, 2.45) is 0 Å². The van der Waals surface area contributed by atoms with Crippen LogP contribution in [-0.2, 0) is 11.2 Å². The van der Waals surface area contributed by atoms with E-state index in [9.17, 15) is 4.79 Å². The van der Waals surface area contributed by atoms with Gasteiger partial charge in [-0.25, -0.2) is 0 Å². The number of rotatable bonds is 3. The number of amides is 1. The standard InChI is InChI=1S/C20H25N3O2/c1-14-21-20(22-25-14)17-9-5-11-23(13-17)19(24)12-16-8-4-7-15-6-2-3-10-18(15)16/h2-3,6,10,16-17H,4-5,7-9,11-13H2,1H3/t16-,17+/m0/s1. The first-order valence-corrected chi connectivity index (χ1v) is 9.36. The third kappa shape index (κ3) is 3.46. The predicted octanol–water partition coefficient (Wildman–Crippen LogP) is 3.59. The number of fused-ring (bicyclic) bond motifs is 1. The zero-order chi connectivity index (χ0) is 17.2. The van der Waals surface area contributed by atoms with Gasteiger partial charge in [-0.05, 0) is 49.1 Å². The van der Waals surface area contributed by atoms with E-state index in [-0.39, 0.29) is 11.8 Å². The van der Waals surface area contributed by atoms with Crippen molar-refractivity contribution in [3.05, 3.63) is 47.1 Å². The smallest absolute Gasteiger partial charge is 0.223 e. The summed E-state index contributed by atoms with van der Waals surface area (Å²) in [6, 6.07) is 8.61. The van der Waals surface area contributed by atoms with Crippen molar-refractivity contribution in [2.45, 2.75) is 57.3 Å². The summed E-state index contributed by atoms with van der Waals surface area (Å²) in [7, 11) is 0. The monoisotopic (exact) mass is 339 g/mol. The molecule has 0 spiro atoms. The Kier molecular flexibility index (Phi) is 4.55. The van der Waals surface area contributed by atoms with E-state index in [0.717, 1.165) is 38.1 Å². The van der Waals surface area contributed by atoms with Gasteiger partial charge >= 0.3 is 0 Å². The third-order valence-electron chi connectivity index (χ3n) is 5.60. The van der Waals surface area contributed by atoms with Crippen LogP contribution in [0, 0.1) is 6.92 Å². The second kappa shape index (κ2) is 6.98. The van der Waals surface area contributed by atoms with Gasteiger partial charge < -0.3 is 9.42 Å². The van der Waals surface area contributed by atoms with E-state index >= 15 is 0 Å². The summed E-state index contributed by atoms with van der Waals surface area (Å²) in [6.45, 7) is 3.37. The highest BCUT2D eigenvalue weighted by Gasteiger charge is 2.30. The Hall–Kier alpha value is -2.17. The minimum absolute atomic E-state index is 0.203. The van der Waals surface area contributed by atoms with Crippen LogP contribution in [0.5, 0.6) is 0 Å². The summed E-state index contributed by atoms with van der Waals surface area (Å²) in [5.74, 6) is 2.18. The Balaban J connectivity index is 1.43. The van der Waals surface area contributed by atoms with Crippen LogP contribution in [0.15, 0.2) is 28.8 Å². The second-order valence-corrected chi connectivity index (χ2v) is 7.34. The molecule has 25 heavy (non-hydrogen) atoms. The normalized spacial score (nSPS) is 23.3. The first-order chi connectivity index (χ1) is 12.2. The number of aromatic nitrogens is 2. The van der Waals surface area contributed by atoms with Gasteiger partial charge in [0.15, 0.2) is 5.82 Å². The maximum Gasteiger partial charge on any atom is 0.223 e. The van der Waals surface area contributed by atoms with Crippen molar-refractivity contribution >= 4 is 5.91 Å². The average molecular weight is 339 g/mol. The highest BCUT2D eigenvalue weighted by Crippen LogP contribution is 2.35. The van der Waals surface area contributed by atoms with E-state index < -0.39 is 0 Å². The molecule has 0 bridgehead atoms. The van der Waals surface area contributed by atoms with Crippen LogP contribution in [0.25, 0.3) is 0 Å². The molecule has 1 aliphatic carbocycles. The summed E-state index contributed by atoms with van der Waals surface area (Å²) >= 11 is 0. The molecule has 1 amide bonds. The van der Waals surface area contributed by atoms with Crippen LogP contribution >= 0.6 is 0 Å². The lowest BCUT2D eigenvalue weighted by Crippen LogP contribution is -2.40. The molecule has 0 unspecified atom stereocenters. The minimum Gasteiger partial charge on any atom is -0.342 e. The highest BCUT2D eigenvalue weighted by molar-refractivity contribution is 5.77. The Morgan fingerprint density at radius 2 is 2.16 bits per heavy atom. The Morgan fingerprint density at radius 3 is 3.00 bits per heavy atom. The maximum atomic E-state index is 12.9. The van der Waals surface area contributed by atoms with Crippen LogP contribution in [0.1, 0.15) is 66.8 Å². The number of benzene rings is 1. The van der Waals surface area contributed by atoms with Crippen LogP contribution in [0.3, 0.4) is 0 Å². The molecule has 2 heterocycles. The van der Waals surface area contributed by atoms with Gasteiger partial charge in [0.2, 0.25) is 11.8 Å². The molecule has 1 saturated heterocycles. The summed E-state index contributed by atoms with van der Waals surface area (Å²) in [6.07, 6.45) is 6.09. The van der Waals surface area contributed by atoms with Gasteiger partial charge in [0, 0.05) is 32.4 Å². The van der Waals surface area contributed by atoms with Crippen LogP contribution in [0.4, 0.5) is 0 Å². The van der Waals surface area contributed by atoms with Crippen molar-refractivity contribution in [3.8, 4) is 0 Å². The van der Waals surface area contributed by atoms with Gasteiger partial charge in [0.05, 0.1) is 0 Å². The lowest BCUT2D eigenvalue weighted by Gasteiger charge is -2.33. The molecule has 1 aromatic carbocycles. The van der Waals surface area contributed by atoms with Crippen molar-refractivity contribution in [3.63, 3.8) is 0 Å². The number of hydrogen-bond donors (Lipinski definition) is 0. The molecule has 5 nitrogen and oxygen atoms in total. The van der Waals surface area contributed by atoms with E-state index in [1.807, 2.05) is 11.8 Å². The molecule has 5 heteroatoms. The molecule has 1 aromatic heterocycles. The number of piperidine rings is 1. The average Bonchev–Trinajstić information content (AvgIpc) is 3.09. The van der Waals surface area contributed by atoms with E-state index in [1.54, 1.807) is 0 Å². The molecule has 1 fully saturated rings. The fourth-order valence-corrected chi connectivity index (χ4v) is 4.30. The lowest BCUT2D eigenvalue weighted by molar-refractivity contribution is -0.133. The Bertz CT molecular complexity index is 755. The van der Waals surface area contributed by atoms with E-state index in [4.69, 9.17) is 4.52 Å². The summed E-state index contributed by atoms with van der Waals surface area (Å²) in [5.41, 5.74) is 2.80. The summed E-state index contributed by atoms with van der Waals surface area (Å²) in [5, 5.41) is 4.05. The fraction of sp³-hybridized carbons (Fsp3) is 0.550. The number of hydrogen-bond acceptors (Lipinski definition) is 4. The fourth-order valence-electron chi connectivity index (χ4n) is 4.30. The number of aryl methyl sites for hydroxylation is 2. The molecule has 0 radical (unpaired) electrons. The third-order valence-corrected chi connectivity index (χ3v) is 5.60. The topological polar surface area (TPSA) is 59.2 Å². The molecule has 1 aliphatic heterocycles. The van der Waals surface area contributed by atoms with Crippen molar-refractivity contribution in [1.82, 2.24) is 15.0 Å². The summed E-state index contributed by atoms with van der Waals surface area (Å²) < 4.78 is 5.11. The van der Waals surface area contributed by atoms with Crippen molar-refractivity contribution in [1.29, 1.82) is 0 Å². The molecular weight excluding hydrogens is 314 g/mol. The van der Waals surface area contributed by atoms with Gasteiger partial charge in [-0.15, -0.1) is 0 Å². The van der Waals surface area contributed by atoms with Gasteiger partial charge in [-0.1, -0.05) is 29.4 Å². The van der Waals surface area contributed by atoms with Gasteiger partial charge in [-0.3, -0.25) is 4.79 Å². The van der Waals surface area contributed by atoms with E-state index in [1.165, 1.54) is 17.5 Å². The number of carbonyl (C=O) groups is 1. The Labute approximate surface area is 148 Å². The highest BCUT2D eigenvalue weighted by atomic mass is 16.5. The molecule has 132 valence electrons. The summed E-state index contributed by atoms with van der Waals surface area (Å²) in [4.78, 5) is 19.3. The minimum atomic E-state index is 0.203. The van der Waals surface area contributed by atoms with Crippen LogP contribution in [0.2, 0.25) is 0 Å². The lowest BCUT2D eigenvalue weighted by atomic mass is 9.80. The van der Waals surface area contributed by atoms with E-state index in [2.05, 4.69) is 34.4 Å². The molecular formula is C20H25N3O2. The zero-order valence-corrected chi connectivity index (χ0v) is 14.8. The SMILES string of the molecule is Cc1nc([C@@H]2CCCN(C(=O)C[C@@H]3CCCc4ccccc43)C2)no1. The number of nitrogens with zero attached hydrogens (tertiary/aromatic N) is 3. The maximum absolute atomic E-state index is 12.9. The molecule has 2 atom stereocenters. The molecule has 2 aromatic rings. The quantitative estimate of drug-likeness (QED) is 0.857. The Morgan fingerprint density at radius 1 is 1.28 bits per heavy atom. The van der Waals surface area contributed by atoms with E-state index in [0.29, 0.717) is 24.8 Å². The van der Waals surface area contributed by atoms with Crippen molar-refractivity contribution < 1.29 is 9.32 Å². The predicted molar refractivity (Wildman–Crippen MR) is 94.3 cm³/mol. The molecule has 4 rings (SSSR count). The molecule has 0 saturated carbocycles. The molecule has 2 aliphatic rings. The van der Waals surface area contributed by atoms with Crippen LogP contribution < -0.4 is 0 Å². The molecule has 0 N–H and O–H groups in total.